The minimum atomic E-state index is -2.13. The molecule has 0 saturated heterocycles. The summed E-state index contributed by atoms with van der Waals surface area (Å²) in [4.78, 5) is 0. The van der Waals surface area contributed by atoms with Crippen molar-refractivity contribution in [3.05, 3.63) is 70.5 Å². The quantitative estimate of drug-likeness (QED) is 0.370. The standard InChI is InChI=1S/C7H3F5.C7H8.FH/c1-2-3(8)5(10)7(12)6(11)4(2)9;1-7-5-3-2-4-6-7;/h1H3;2-6H,1H3;1H. The van der Waals surface area contributed by atoms with E-state index >= 15 is 0 Å². The van der Waals surface area contributed by atoms with Crippen molar-refractivity contribution in [2.45, 2.75) is 13.8 Å². The van der Waals surface area contributed by atoms with Gasteiger partial charge in [0.1, 0.15) is 0 Å². The van der Waals surface area contributed by atoms with Crippen LogP contribution in [0.1, 0.15) is 11.1 Å². The van der Waals surface area contributed by atoms with E-state index in [1.807, 2.05) is 18.2 Å². The van der Waals surface area contributed by atoms with Crippen LogP contribution in [0.2, 0.25) is 0 Å². The number of benzene rings is 2. The lowest BCUT2D eigenvalue weighted by Crippen LogP contribution is -2.03. The van der Waals surface area contributed by atoms with E-state index in [4.69, 9.17) is 0 Å². The molecular weight excluding hydrogens is 282 g/mol. The number of rotatable bonds is 0. The van der Waals surface area contributed by atoms with Crippen molar-refractivity contribution in [2.75, 3.05) is 0 Å². The minimum Gasteiger partial charge on any atom is -0.269 e. The Morgan fingerprint density at radius 2 is 0.950 bits per heavy atom. The summed E-state index contributed by atoms with van der Waals surface area (Å²) in [6, 6.07) is 10.3. The zero-order valence-corrected chi connectivity index (χ0v) is 10.7. The molecule has 110 valence electrons. The first-order chi connectivity index (χ1) is 8.86. The molecule has 0 saturated carbocycles. The molecule has 0 aliphatic rings. The second-order valence-electron chi connectivity index (χ2n) is 3.85. The van der Waals surface area contributed by atoms with Gasteiger partial charge in [0.05, 0.1) is 0 Å². The van der Waals surface area contributed by atoms with E-state index in [1.165, 1.54) is 5.56 Å². The third-order valence-corrected chi connectivity index (χ3v) is 2.37. The summed E-state index contributed by atoms with van der Waals surface area (Å²) < 4.78 is 61.6. The third-order valence-electron chi connectivity index (χ3n) is 2.37. The average Bonchev–Trinajstić information content (AvgIpc) is 2.42. The highest BCUT2D eigenvalue weighted by molar-refractivity contribution is 5.22. The highest BCUT2D eigenvalue weighted by Gasteiger charge is 2.22. The molecule has 0 spiro atoms. The number of hydrogen-bond donors (Lipinski definition) is 0. The lowest BCUT2D eigenvalue weighted by atomic mass is 10.2. The summed E-state index contributed by atoms with van der Waals surface area (Å²) in [6.07, 6.45) is 0. The maximum absolute atomic E-state index is 12.4. The summed E-state index contributed by atoms with van der Waals surface area (Å²) in [7, 11) is 0. The van der Waals surface area contributed by atoms with E-state index in [2.05, 4.69) is 19.1 Å². The summed E-state index contributed by atoms with van der Waals surface area (Å²) in [5, 5.41) is 0. The van der Waals surface area contributed by atoms with Crippen LogP contribution in [-0.4, -0.2) is 0 Å². The van der Waals surface area contributed by atoms with Crippen molar-refractivity contribution in [1.29, 1.82) is 0 Å². The van der Waals surface area contributed by atoms with Crippen LogP contribution in [0, 0.1) is 42.9 Å². The van der Waals surface area contributed by atoms with E-state index in [0.29, 0.717) is 0 Å². The molecule has 2 aromatic carbocycles. The van der Waals surface area contributed by atoms with Crippen molar-refractivity contribution < 1.29 is 26.7 Å². The maximum Gasteiger partial charge on any atom is 0.200 e. The van der Waals surface area contributed by atoms with Crippen LogP contribution in [-0.2, 0) is 0 Å². The Morgan fingerprint density at radius 1 is 0.600 bits per heavy atom. The SMILES string of the molecule is Cc1c(F)c(F)c(F)c(F)c1F.Cc1ccccc1.F. The van der Waals surface area contributed by atoms with Gasteiger partial charge >= 0.3 is 0 Å². The second kappa shape index (κ2) is 7.57. The highest BCUT2D eigenvalue weighted by atomic mass is 19.2. The number of hydrogen-bond acceptors (Lipinski definition) is 0. The smallest absolute Gasteiger partial charge is 0.200 e. The van der Waals surface area contributed by atoms with Gasteiger partial charge in [0.15, 0.2) is 23.3 Å². The Labute approximate surface area is 112 Å². The minimum absolute atomic E-state index is 0. The van der Waals surface area contributed by atoms with Crippen LogP contribution in [0.4, 0.5) is 26.7 Å². The first-order valence-electron chi connectivity index (χ1n) is 5.36. The molecule has 0 aromatic heterocycles. The van der Waals surface area contributed by atoms with Crippen molar-refractivity contribution in [3.63, 3.8) is 0 Å². The van der Waals surface area contributed by atoms with Gasteiger partial charge in [-0.3, -0.25) is 4.70 Å². The normalized spacial score (nSPS) is 9.35. The summed E-state index contributed by atoms with van der Waals surface area (Å²) >= 11 is 0. The topological polar surface area (TPSA) is 0 Å². The number of halogens is 6. The molecule has 0 heterocycles. The Balaban J connectivity index is 0.000000387. The summed E-state index contributed by atoms with van der Waals surface area (Å²) in [6.45, 7) is 2.90. The first kappa shape index (κ1) is 18.0. The number of aryl methyl sites for hydroxylation is 1. The monoisotopic (exact) mass is 294 g/mol. The van der Waals surface area contributed by atoms with Gasteiger partial charge < -0.3 is 0 Å². The van der Waals surface area contributed by atoms with Gasteiger partial charge in [-0.2, -0.15) is 0 Å². The predicted molar refractivity (Wildman–Crippen MR) is 64.7 cm³/mol. The fourth-order valence-electron chi connectivity index (χ4n) is 1.25. The van der Waals surface area contributed by atoms with Gasteiger partial charge in [-0.15, -0.1) is 0 Å². The molecule has 0 N–H and O–H groups in total. The Bertz CT molecular complexity index is 461. The molecule has 0 atom stereocenters. The zero-order valence-electron chi connectivity index (χ0n) is 10.7. The van der Waals surface area contributed by atoms with Crippen LogP contribution in [0.15, 0.2) is 30.3 Å². The van der Waals surface area contributed by atoms with Gasteiger partial charge in [0.2, 0.25) is 5.82 Å². The Kier molecular flexibility index (Phi) is 6.82. The Morgan fingerprint density at radius 3 is 1.25 bits per heavy atom. The molecule has 2 rings (SSSR count). The zero-order chi connectivity index (χ0) is 14.6. The van der Waals surface area contributed by atoms with Crippen molar-refractivity contribution in [1.82, 2.24) is 0 Å². The van der Waals surface area contributed by atoms with E-state index in [-0.39, 0.29) is 4.70 Å². The van der Waals surface area contributed by atoms with Gasteiger partial charge in [0, 0.05) is 5.56 Å². The first-order valence-corrected chi connectivity index (χ1v) is 5.36. The van der Waals surface area contributed by atoms with Gasteiger partial charge in [-0.05, 0) is 13.8 Å². The van der Waals surface area contributed by atoms with Crippen LogP contribution in [0.3, 0.4) is 0 Å². The lowest BCUT2D eigenvalue weighted by Gasteiger charge is -2.02. The molecule has 2 aromatic rings. The Hall–Kier alpha value is -1.98. The molecule has 0 aliphatic heterocycles. The van der Waals surface area contributed by atoms with Crippen LogP contribution in [0.25, 0.3) is 0 Å². The molecule has 0 unspecified atom stereocenters. The molecule has 6 heteroatoms. The average molecular weight is 294 g/mol. The largest absolute Gasteiger partial charge is 0.269 e. The van der Waals surface area contributed by atoms with E-state index in [1.54, 1.807) is 0 Å². The molecule has 0 aliphatic carbocycles. The molecule has 0 nitrogen and oxygen atoms in total. The van der Waals surface area contributed by atoms with Gasteiger partial charge in [0.25, 0.3) is 0 Å². The van der Waals surface area contributed by atoms with Crippen molar-refractivity contribution in [2.24, 2.45) is 0 Å². The van der Waals surface area contributed by atoms with Crippen molar-refractivity contribution >= 4 is 0 Å². The van der Waals surface area contributed by atoms with E-state index < -0.39 is 34.6 Å². The fourth-order valence-corrected chi connectivity index (χ4v) is 1.25. The second-order valence-corrected chi connectivity index (χ2v) is 3.85. The maximum atomic E-state index is 12.4. The molecule has 20 heavy (non-hydrogen) atoms. The van der Waals surface area contributed by atoms with Crippen molar-refractivity contribution in [3.8, 4) is 0 Å². The fraction of sp³-hybridized carbons (Fsp3) is 0.143. The summed E-state index contributed by atoms with van der Waals surface area (Å²) in [5.74, 6) is -9.52. The van der Waals surface area contributed by atoms with Gasteiger partial charge in [-0.25, -0.2) is 22.0 Å². The van der Waals surface area contributed by atoms with E-state index in [0.717, 1.165) is 6.92 Å². The van der Waals surface area contributed by atoms with Crippen LogP contribution < -0.4 is 0 Å². The van der Waals surface area contributed by atoms with Crippen LogP contribution in [0.5, 0.6) is 0 Å². The summed E-state index contributed by atoms with van der Waals surface area (Å²) in [5.41, 5.74) is 0.453. The van der Waals surface area contributed by atoms with E-state index in [9.17, 15) is 22.0 Å². The lowest BCUT2D eigenvalue weighted by molar-refractivity contribution is 0.373. The molecule has 0 bridgehead atoms. The molecule has 0 fully saturated rings. The highest BCUT2D eigenvalue weighted by Crippen LogP contribution is 2.21. The van der Waals surface area contributed by atoms with Gasteiger partial charge in [-0.1, -0.05) is 35.9 Å². The molecule has 0 radical (unpaired) electrons. The molecule has 0 amide bonds. The third kappa shape index (κ3) is 4.01. The predicted octanol–water partition coefficient (Wildman–Crippen LogP) is 4.84. The van der Waals surface area contributed by atoms with Crippen LogP contribution >= 0.6 is 0 Å². The molecular formula is C14H12F6.